The van der Waals surface area contributed by atoms with Gasteiger partial charge in [-0.3, -0.25) is 14.8 Å². The van der Waals surface area contributed by atoms with Gasteiger partial charge in [0.1, 0.15) is 11.3 Å². The number of carbonyl (C=O) groups is 2. The van der Waals surface area contributed by atoms with Crippen LogP contribution in [-0.4, -0.2) is 32.6 Å². The first-order valence-electron chi connectivity index (χ1n) is 9.64. The SMILES string of the molecule is CC(C)(C)OC(=O)N(C(=O)c1cnc(C2CCCCC2)cn1)c1ccncc1. The van der Waals surface area contributed by atoms with Gasteiger partial charge in [-0.05, 0) is 45.7 Å². The highest BCUT2D eigenvalue weighted by Gasteiger charge is 2.30. The summed E-state index contributed by atoms with van der Waals surface area (Å²) in [5.41, 5.74) is 0.637. The molecule has 7 nitrogen and oxygen atoms in total. The minimum Gasteiger partial charge on any atom is -0.443 e. The number of aromatic nitrogens is 3. The van der Waals surface area contributed by atoms with E-state index in [9.17, 15) is 9.59 Å². The number of nitrogens with zero attached hydrogens (tertiary/aromatic N) is 4. The van der Waals surface area contributed by atoms with Crippen molar-refractivity contribution < 1.29 is 14.3 Å². The Morgan fingerprint density at radius 1 is 1.04 bits per heavy atom. The zero-order valence-electron chi connectivity index (χ0n) is 16.6. The molecule has 0 saturated heterocycles. The monoisotopic (exact) mass is 382 g/mol. The molecule has 2 heterocycles. The number of hydrogen-bond donors (Lipinski definition) is 0. The lowest BCUT2D eigenvalue weighted by Gasteiger charge is -2.26. The third kappa shape index (κ3) is 4.91. The predicted molar refractivity (Wildman–Crippen MR) is 105 cm³/mol. The van der Waals surface area contributed by atoms with Gasteiger partial charge in [0.15, 0.2) is 0 Å². The summed E-state index contributed by atoms with van der Waals surface area (Å²) < 4.78 is 5.41. The van der Waals surface area contributed by atoms with Crippen LogP contribution < -0.4 is 4.90 Å². The molecule has 0 aliphatic heterocycles. The number of amides is 2. The molecular formula is C21H26N4O3. The van der Waals surface area contributed by atoms with Crippen LogP contribution in [0.15, 0.2) is 36.9 Å². The first-order valence-corrected chi connectivity index (χ1v) is 9.64. The van der Waals surface area contributed by atoms with E-state index in [4.69, 9.17) is 4.74 Å². The molecule has 0 radical (unpaired) electrons. The molecule has 0 bridgehead atoms. The van der Waals surface area contributed by atoms with E-state index >= 15 is 0 Å². The average molecular weight is 382 g/mol. The highest BCUT2D eigenvalue weighted by atomic mass is 16.6. The standard InChI is InChI=1S/C21H26N4O3/c1-21(2,3)28-20(27)25(16-9-11-22-12-10-16)19(26)18-14-23-17(13-24-18)15-7-5-4-6-8-15/h9-15H,4-8H2,1-3H3. The molecule has 1 fully saturated rings. The van der Waals surface area contributed by atoms with Crippen molar-refractivity contribution >= 4 is 17.7 Å². The molecule has 1 aliphatic carbocycles. The topological polar surface area (TPSA) is 85.3 Å². The fraction of sp³-hybridized carbons (Fsp3) is 0.476. The summed E-state index contributed by atoms with van der Waals surface area (Å²) in [7, 11) is 0. The fourth-order valence-electron chi connectivity index (χ4n) is 3.28. The minimum absolute atomic E-state index is 0.0993. The largest absolute Gasteiger partial charge is 0.443 e. The summed E-state index contributed by atoms with van der Waals surface area (Å²) in [5, 5.41) is 0. The van der Waals surface area contributed by atoms with Gasteiger partial charge >= 0.3 is 6.09 Å². The van der Waals surface area contributed by atoms with E-state index in [1.54, 1.807) is 39.1 Å². The number of carbonyl (C=O) groups excluding carboxylic acids is 2. The summed E-state index contributed by atoms with van der Waals surface area (Å²) in [5.74, 6) is -0.185. The fourth-order valence-corrected chi connectivity index (χ4v) is 3.28. The predicted octanol–water partition coefficient (Wildman–Crippen LogP) is 4.50. The normalized spacial score (nSPS) is 15.1. The molecular weight excluding hydrogens is 356 g/mol. The maximum absolute atomic E-state index is 13.1. The van der Waals surface area contributed by atoms with Gasteiger partial charge in [0.2, 0.25) is 0 Å². The summed E-state index contributed by atoms with van der Waals surface area (Å²) in [6, 6.07) is 3.15. The maximum atomic E-state index is 13.1. The smallest absolute Gasteiger partial charge is 0.422 e. The van der Waals surface area contributed by atoms with E-state index in [1.807, 2.05) is 0 Å². The molecule has 148 valence electrons. The van der Waals surface area contributed by atoms with Crippen molar-refractivity contribution in [3.8, 4) is 0 Å². The Morgan fingerprint density at radius 3 is 2.29 bits per heavy atom. The molecule has 0 N–H and O–H groups in total. The van der Waals surface area contributed by atoms with Crippen molar-refractivity contribution in [1.82, 2.24) is 15.0 Å². The van der Waals surface area contributed by atoms with Crippen LogP contribution in [0.25, 0.3) is 0 Å². The van der Waals surface area contributed by atoms with Crippen molar-refractivity contribution in [2.45, 2.75) is 64.4 Å². The highest BCUT2D eigenvalue weighted by molar-refractivity contribution is 6.18. The van der Waals surface area contributed by atoms with Crippen molar-refractivity contribution in [3.63, 3.8) is 0 Å². The second-order valence-corrected chi connectivity index (χ2v) is 7.99. The van der Waals surface area contributed by atoms with Gasteiger partial charge < -0.3 is 4.74 Å². The van der Waals surface area contributed by atoms with Gasteiger partial charge in [0, 0.05) is 24.5 Å². The molecule has 1 aliphatic rings. The summed E-state index contributed by atoms with van der Waals surface area (Å²) in [4.78, 5) is 39.4. The molecule has 0 atom stereocenters. The van der Waals surface area contributed by atoms with E-state index < -0.39 is 17.6 Å². The Morgan fingerprint density at radius 2 is 1.71 bits per heavy atom. The second kappa shape index (κ2) is 8.46. The van der Waals surface area contributed by atoms with Crippen LogP contribution in [0, 0.1) is 0 Å². The number of pyridine rings is 1. The molecule has 3 rings (SSSR count). The Hall–Kier alpha value is -2.83. The summed E-state index contributed by atoms with van der Waals surface area (Å²) in [6.07, 6.45) is 11.2. The van der Waals surface area contributed by atoms with Crippen LogP contribution >= 0.6 is 0 Å². The first-order chi connectivity index (χ1) is 13.3. The van der Waals surface area contributed by atoms with Crippen molar-refractivity contribution in [1.29, 1.82) is 0 Å². The number of hydrogen-bond acceptors (Lipinski definition) is 6. The van der Waals surface area contributed by atoms with Crippen LogP contribution in [0.5, 0.6) is 0 Å². The molecule has 28 heavy (non-hydrogen) atoms. The lowest BCUT2D eigenvalue weighted by molar-refractivity contribution is 0.0563. The van der Waals surface area contributed by atoms with Crippen LogP contribution in [0.3, 0.4) is 0 Å². The lowest BCUT2D eigenvalue weighted by Crippen LogP contribution is -2.41. The number of imide groups is 1. The lowest BCUT2D eigenvalue weighted by atomic mass is 9.87. The van der Waals surface area contributed by atoms with E-state index in [1.165, 1.54) is 37.9 Å². The Balaban J connectivity index is 1.85. The Labute approximate surface area is 165 Å². The van der Waals surface area contributed by atoms with Gasteiger partial charge in [-0.1, -0.05) is 19.3 Å². The van der Waals surface area contributed by atoms with Gasteiger partial charge in [-0.25, -0.2) is 14.7 Å². The molecule has 2 aromatic rings. The number of ether oxygens (including phenoxy) is 1. The first kappa shape index (κ1) is 19.9. The van der Waals surface area contributed by atoms with Gasteiger partial charge in [0.25, 0.3) is 5.91 Å². The second-order valence-electron chi connectivity index (χ2n) is 7.99. The van der Waals surface area contributed by atoms with Crippen molar-refractivity contribution in [2.75, 3.05) is 4.90 Å². The Bertz CT molecular complexity index is 810. The van der Waals surface area contributed by atoms with Crippen LogP contribution in [0.1, 0.15) is 75.0 Å². The maximum Gasteiger partial charge on any atom is 0.422 e. The molecule has 0 unspecified atom stereocenters. The van der Waals surface area contributed by atoms with Gasteiger partial charge in [-0.2, -0.15) is 0 Å². The Kier molecular flexibility index (Phi) is 6.02. The van der Waals surface area contributed by atoms with Crippen LogP contribution in [0.2, 0.25) is 0 Å². The molecule has 0 aromatic carbocycles. The van der Waals surface area contributed by atoms with Crippen LogP contribution in [0.4, 0.5) is 10.5 Å². The van der Waals surface area contributed by atoms with Gasteiger partial charge in [0.05, 0.1) is 17.6 Å². The molecule has 2 amide bonds. The highest BCUT2D eigenvalue weighted by Crippen LogP contribution is 2.31. The third-order valence-electron chi connectivity index (χ3n) is 4.61. The zero-order valence-corrected chi connectivity index (χ0v) is 16.6. The minimum atomic E-state index is -0.762. The quantitative estimate of drug-likeness (QED) is 0.777. The van der Waals surface area contributed by atoms with E-state index in [2.05, 4.69) is 15.0 Å². The average Bonchev–Trinajstić information content (AvgIpc) is 2.68. The van der Waals surface area contributed by atoms with Gasteiger partial charge in [-0.15, -0.1) is 0 Å². The van der Waals surface area contributed by atoms with E-state index in [-0.39, 0.29) is 5.69 Å². The molecule has 0 spiro atoms. The molecule has 1 saturated carbocycles. The number of anilines is 1. The van der Waals surface area contributed by atoms with E-state index in [0.717, 1.165) is 23.4 Å². The van der Waals surface area contributed by atoms with Crippen LogP contribution in [-0.2, 0) is 4.74 Å². The van der Waals surface area contributed by atoms with Crippen molar-refractivity contribution in [2.24, 2.45) is 0 Å². The molecule has 2 aromatic heterocycles. The molecule has 7 heteroatoms. The summed E-state index contributed by atoms with van der Waals surface area (Å²) in [6.45, 7) is 5.25. The third-order valence-corrected chi connectivity index (χ3v) is 4.61. The van der Waals surface area contributed by atoms with E-state index in [0.29, 0.717) is 11.6 Å². The zero-order chi connectivity index (χ0) is 20.1. The van der Waals surface area contributed by atoms with Crippen molar-refractivity contribution in [3.05, 3.63) is 48.3 Å². The number of rotatable bonds is 3. The summed E-state index contributed by atoms with van der Waals surface area (Å²) >= 11 is 0.